The molecule has 21 heavy (non-hydrogen) atoms. The molecule has 2 aliphatic rings. The topological polar surface area (TPSA) is 45.7 Å². The summed E-state index contributed by atoms with van der Waals surface area (Å²) in [7, 11) is 3.53. The number of amides is 1. The first-order valence-corrected chi connectivity index (χ1v) is 8.99. The van der Waals surface area contributed by atoms with Gasteiger partial charge < -0.3 is 9.64 Å². The summed E-state index contributed by atoms with van der Waals surface area (Å²) in [4.78, 5) is 19.9. The first-order chi connectivity index (χ1) is 10.1. The highest BCUT2D eigenvalue weighted by atomic mass is 32.2. The molecule has 2 fully saturated rings. The molecule has 1 amide bonds. The minimum atomic E-state index is 0.0416. The zero-order valence-electron chi connectivity index (χ0n) is 12.4. The van der Waals surface area contributed by atoms with Crippen molar-refractivity contribution in [3.63, 3.8) is 0 Å². The van der Waals surface area contributed by atoms with E-state index in [1.54, 1.807) is 30.3 Å². The summed E-state index contributed by atoms with van der Waals surface area (Å²) in [6.07, 6.45) is 3.15. The zero-order valence-corrected chi connectivity index (χ0v) is 14.1. The summed E-state index contributed by atoms with van der Waals surface area (Å²) in [6, 6.07) is 0. The molecule has 1 atom stereocenters. The molecule has 1 aromatic heterocycles. The van der Waals surface area contributed by atoms with Crippen LogP contribution in [0.3, 0.4) is 0 Å². The number of hydrogen-bond donors (Lipinski definition) is 0. The van der Waals surface area contributed by atoms with E-state index >= 15 is 0 Å². The van der Waals surface area contributed by atoms with Crippen molar-refractivity contribution in [3.05, 3.63) is 16.6 Å². The highest BCUT2D eigenvalue weighted by Crippen LogP contribution is 2.46. The first-order valence-electron chi connectivity index (χ1n) is 7.13. The van der Waals surface area contributed by atoms with Gasteiger partial charge in [0.1, 0.15) is 11.6 Å². The van der Waals surface area contributed by atoms with E-state index in [1.807, 2.05) is 23.3 Å². The second-order valence-corrected chi connectivity index (χ2v) is 8.46. The number of thioether (sulfide) groups is 1. The van der Waals surface area contributed by atoms with E-state index in [0.717, 1.165) is 31.8 Å². The van der Waals surface area contributed by atoms with Gasteiger partial charge in [-0.1, -0.05) is 0 Å². The number of carbonyl (C=O) groups excluding carboxylic acids is 1. The first kappa shape index (κ1) is 15.3. The summed E-state index contributed by atoms with van der Waals surface area (Å²) in [5.41, 5.74) is 0. The Morgan fingerprint density at radius 1 is 1.57 bits per heavy atom. The van der Waals surface area contributed by atoms with E-state index in [-0.39, 0.29) is 18.6 Å². The van der Waals surface area contributed by atoms with E-state index < -0.39 is 0 Å². The van der Waals surface area contributed by atoms with Crippen LogP contribution < -0.4 is 0 Å². The lowest BCUT2D eigenvalue weighted by molar-refractivity contribution is -0.135. The third-order valence-corrected chi connectivity index (χ3v) is 6.32. The Morgan fingerprint density at radius 2 is 2.38 bits per heavy atom. The summed E-state index contributed by atoms with van der Waals surface area (Å²) in [6.45, 7) is 3.39. The van der Waals surface area contributed by atoms with Gasteiger partial charge in [0.15, 0.2) is 0 Å². The Labute approximate surface area is 133 Å². The number of nitrogens with zero attached hydrogens (tertiary/aromatic N) is 3. The van der Waals surface area contributed by atoms with E-state index in [1.165, 1.54) is 5.01 Å². The molecule has 0 aromatic carbocycles. The fourth-order valence-electron chi connectivity index (χ4n) is 2.85. The SMILES string of the molecule is CN(C)C(=O)CO[C@H]1CSC2(C1)CN(Cc1nccs1)C2. The molecule has 0 saturated carbocycles. The molecule has 3 rings (SSSR count). The maximum atomic E-state index is 11.6. The fourth-order valence-corrected chi connectivity index (χ4v) is 5.11. The van der Waals surface area contributed by atoms with Gasteiger partial charge in [-0.15, -0.1) is 23.1 Å². The molecule has 7 heteroatoms. The van der Waals surface area contributed by atoms with Crippen molar-refractivity contribution in [2.75, 3.05) is 39.5 Å². The third-order valence-electron chi connectivity index (χ3n) is 3.98. The zero-order chi connectivity index (χ0) is 14.9. The molecule has 2 saturated heterocycles. The van der Waals surface area contributed by atoms with Gasteiger partial charge >= 0.3 is 0 Å². The lowest BCUT2D eigenvalue weighted by Crippen LogP contribution is -2.58. The van der Waals surface area contributed by atoms with Gasteiger partial charge in [0.05, 0.1) is 12.6 Å². The molecule has 0 radical (unpaired) electrons. The van der Waals surface area contributed by atoms with Crippen LogP contribution in [-0.2, 0) is 16.1 Å². The average molecular weight is 327 g/mol. The number of likely N-dealkylation sites (N-methyl/N-ethyl adjacent to an activating group) is 1. The van der Waals surface area contributed by atoms with Crippen molar-refractivity contribution in [1.29, 1.82) is 0 Å². The molecule has 2 aliphatic heterocycles. The molecular weight excluding hydrogens is 306 g/mol. The van der Waals surface area contributed by atoms with Crippen LogP contribution >= 0.6 is 23.1 Å². The lowest BCUT2D eigenvalue weighted by Gasteiger charge is -2.47. The number of thiazole rings is 1. The minimum absolute atomic E-state index is 0.0416. The van der Waals surface area contributed by atoms with Crippen molar-refractivity contribution in [2.45, 2.75) is 23.8 Å². The van der Waals surface area contributed by atoms with Crippen LogP contribution in [0.4, 0.5) is 0 Å². The number of ether oxygens (including phenoxy) is 1. The second kappa shape index (κ2) is 6.24. The second-order valence-electron chi connectivity index (χ2n) is 5.99. The molecule has 116 valence electrons. The van der Waals surface area contributed by atoms with Gasteiger partial charge in [0.25, 0.3) is 0 Å². The highest BCUT2D eigenvalue weighted by Gasteiger charge is 2.49. The molecule has 1 spiro atoms. The lowest BCUT2D eigenvalue weighted by atomic mass is 9.93. The van der Waals surface area contributed by atoms with Crippen LogP contribution in [0, 0.1) is 0 Å². The normalized spacial score (nSPS) is 24.2. The summed E-state index contributed by atoms with van der Waals surface area (Å²) >= 11 is 3.73. The largest absolute Gasteiger partial charge is 0.367 e. The summed E-state index contributed by atoms with van der Waals surface area (Å²) in [5, 5.41) is 3.22. The molecule has 0 unspecified atom stereocenters. The van der Waals surface area contributed by atoms with Gasteiger partial charge in [0.2, 0.25) is 5.91 Å². The smallest absolute Gasteiger partial charge is 0.248 e. The summed E-state index contributed by atoms with van der Waals surface area (Å²) in [5.74, 6) is 1.05. The Balaban J connectivity index is 1.40. The standard InChI is InChI=1S/C14H21N3O2S2/c1-16(2)13(18)7-19-11-5-14(21-8-11)9-17(10-14)6-12-15-3-4-20-12/h3-4,11H,5-10H2,1-2H3/t11-/m1/s1. The quantitative estimate of drug-likeness (QED) is 0.816. The van der Waals surface area contributed by atoms with Crippen LogP contribution in [0.1, 0.15) is 11.4 Å². The predicted octanol–water partition coefficient (Wildman–Crippen LogP) is 1.31. The van der Waals surface area contributed by atoms with Crippen molar-refractivity contribution in [1.82, 2.24) is 14.8 Å². The van der Waals surface area contributed by atoms with E-state index in [4.69, 9.17) is 4.74 Å². The van der Waals surface area contributed by atoms with Crippen molar-refractivity contribution < 1.29 is 9.53 Å². The minimum Gasteiger partial charge on any atom is -0.367 e. The van der Waals surface area contributed by atoms with Crippen molar-refractivity contribution in [3.8, 4) is 0 Å². The number of rotatable bonds is 5. The molecule has 1 aromatic rings. The molecule has 0 N–H and O–H groups in total. The maximum absolute atomic E-state index is 11.6. The molecule has 0 aliphatic carbocycles. The third kappa shape index (κ3) is 3.59. The monoisotopic (exact) mass is 327 g/mol. The Bertz CT molecular complexity index is 486. The van der Waals surface area contributed by atoms with Gasteiger partial charge in [-0.05, 0) is 6.42 Å². The van der Waals surface area contributed by atoms with E-state index in [2.05, 4.69) is 9.88 Å². The van der Waals surface area contributed by atoms with Crippen LogP contribution in [0.2, 0.25) is 0 Å². The van der Waals surface area contributed by atoms with E-state index in [9.17, 15) is 4.79 Å². The number of likely N-dealkylation sites (tertiary alicyclic amines) is 1. The number of hydrogen-bond acceptors (Lipinski definition) is 6. The van der Waals surface area contributed by atoms with Gasteiger partial charge in [-0.3, -0.25) is 9.69 Å². The van der Waals surface area contributed by atoms with Gasteiger partial charge in [-0.2, -0.15) is 0 Å². The van der Waals surface area contributed by atoms with Crippen LogP contribution in [0.25, 0.3) is 0 Å². The van der Waals surface area contributed by atoms with E-state index in [0.29, 0.717) is 4.75 Å². The molecular formula is C14H21N3O2S2. The number of carbonyl (C=O) groups is 1. The van der Waals surface area contributed by atoms with Crippen LogP contribution in [-0.4, -0.2) is 71.1 Å². The fraction of sp³-hybridized carbons (Fsp3) is 0.714. The van der Waals surface area contributed by atoms with Gasteiger partial charge in [0, 0.05) is 49.3 Å². The van der Waals surface area contributed by atoms with Crippen LogP contribution in [0.15, 0.2) is 11.6 Å². The Hall–Kier alpha value is -0.630. The van der Waals surface area contributed by atoms with Gasteiger partial charge in [-0.25, -0.2) is 4.98 Å². The van der Waals surface area contributed by atoms with Crippen molar-refractivity contribution >= 4 is 29.0 Å². The molecule has 3 heterocycles. The average Bonchev–Trinajstić information content (AvgIpc) is 3.05. The predicted molar refractivity (Wildman–Crippen MR) is 85.6 cm³/mol. The molecule has 5 nitrogen and oxygen atoms in total. The van der Waals surface area contributed by atoms with Crippen molar-refractivity contribution in [2.24, 2.45) is 0 Å². The number of aromatic nitrogens is 1. The molecule has 0 bridgehead atoms. The Morgan fingerprint density at radius 3 is 3.05 bits per heavy atom. The maximum Gasteiger partial charge on any atom is 0.248 e. The summed E-state index contributed by atoms with van der Waals surface area (Å²) < 4.78 is 6.11. The highest BCUT2D eigenvalue weighted by molar-refractivity contribution is 8.01. The Kier molecular flexibility index (Phi) is 4.54. The van der Waals surface area contributed by atoms with Crippen LogP contribution in [0.5, 0.6) is 0 Å².